The average molecular weight is 546 g/mol. The molecule has 0 fully saturated rings. The Morgan fingerprint density at radius 2 is 0.812 bits per heavy atom. The van der Waals surface area contributed by atoms with Crippen molar-refractivity contribution < 1.29 is 17.5 Å². The molecule has 0 saturated heterocycles. The van der Waals surface area contributed by atoms with Crippen molar-refractivity contribution in [3.05, 3.63) is 0 Å². The molecule has 0 aromatic heterocycles. The van der Waals surface area contributed by atoms with Gasteiger partial charge >= 0.3 is 189 Å². The molecule has 0 rings (SSSR count). The molecule has 0 atom stereocenters. The summed E-state index contributed by atoms with van der Waals surface area (Å²) in [5.41, 5.74) is 0. The molecule has 0 aliphatic rings. The second-order valence-corrected chi connectivity index (χ2v) is 1.34. The number of rotatable bonds is 0. The van der Waals surface area contributed by atoms with Gasteiger partial charge in [0.25, 0.3) is 0 Å². The normalized spacial score (nSPS) is 3.62. The first-order valence-corrected chi connectivity index (χ1v) is 2.10. The van der Waals surface area contributed by atoms with Crippen LogP contribution in [0.4, 0.5) is 0 Å². The molecule has 16 heavy (non-hydrogen) atoms. The fourth-order valence-electron chi connectivity index (χ4n) is 0. The predicted octanol–water partition coefficient (Wildman–Crippen LogP) is -2.00. The van der Waals surface area contributed by atoms with Crippen LogP contribution in [0.5, 0.6) is 0 Å². The van der Waals surface area contributed by atoms with E-state index < -0.39 is 10.4 Å². The SMILES string of the molecule is Br.Cl.Cl.Cl.Cl.N.O=S(=O)(O)O.[KH].[MgH2].[NaH].[NaH].[SrH2]. The third-order valence-corrected chi connectivity index (χ3v) is 0. The fraction of sp³-hybridized carbons (Fsp3) is 0. The standard InChI is InChI=1S/BrH.4ClH.K.Mg.H3N.2Na.H2O4S.Sr.7H/c;;;;;;;;;;1-5(2,3)4;;;;;;;;/h5*1H;;;1H3;;;(H2,1,2,3,4);;;;;;;;. The Labute approximate surface area is 272 Å². The minimum atomic E-state index is -4.67. The van der Waals surface area contributed by atoms with Crippen LogP contribution in [0.1, 0.15) is 0 Å². The Bertz CT molecular complexity index is 129. The molecule has 0 aromatic carbocycles. The van der Waals surface area contributed by atoms with E-state index in [1.165, 1.54) is 0 Å². The molecule has 0 radical (unpaired) electrons. The zero-order chi connectivity index (χ0) is 4.50. The van der Waals surface area contributed by atoms with Gasteiger partial charge in [-0.3, -0.25) is 9.11 Å². The first-order valence-electron chi connectivity index (χ1n) is 0.698. The summed E-state index contributed by atoms with van der Waals surface area (Å²) >= 11 is 0. The van der Waals surface area contributed by atoms with E-state index in [0.717, 1.165) is 0 Å². The molecule has 5 N–H and O–H groups in total. The third-order valence-electron chi connectivity index (χ3n) is 0. The van der Waals surface area contributed by atoms with Crippen LogP contribution >= 0.6 is 66.6 Å². The van der Waals surface area contributed by atoms with E-state index in [0.29, 0.717) is 0 Å². The van der Waals surface area contributed by atoms with E-state index in [9.17, 15) is 0 Å². The van der Waals surface area contributed by atoms with E-state index in [2.05, 4.69) is 0 Å². The molecule has 0 aromatic rings. The molecular formula is H17BrCl4KMgNNa2O4SSr. The van der Waals surface area contributed by atoms with Crippen LogP contribution < -0.4 is 6.15 Å². The average Bonchev–Trinajstić information content (AvgIpc) is 0.722. The first kappa shape index (κ1) is 90.5. The second kappa shape index (κ2) is 57.2. The Kier molecular flexibility index (Phi) is 323. The maximum absolute atomic E-state index is 8.74. The molecule has 16 heteroatoms. The summed E-state index contributed by atoms with van der Waals surface area (Å²) in [5, 5.41) is 0. The molecule has 0 heterocycles. The van der Waals surface area contributed by atoms with Crippen LogP contribution in [0, 0.1) is 0 Å². The van der Waals surface area contributed by atoms with Gasteiger partial charge in [0.15, 0.2) is 0 Å². The van der Waals surface area contributed by atoms with Gasteiger partial charge in [-0.25, -0.2) is 0 Å². The van der Waals surface area contributed by atoms with Crippen molar-refractivity contribution in [2.45, 2.75) is 0 Å². The van der Waals surface area contributed by atoms with Crippen molar-refractivity contribution in [1.29, 1.82) is 0 Å². The van der Waals surface area contributed by atoms with Crippen LogP contribution in [-0.2, 0) is 10.4 Å². The summed E-state index contributed by atoms with van der Waals surface area (Å²) in [5.74, 6) is 0. The molecule has 94 valence electrons. The van der Waals surface area contributed by atoms with Gasteiger partial charge in [-0.1, -0.05) is 0 Å². The van der Waals surface area contributed by atoms with Gasteiger partial charge in [-0.05, 0) is 0 Å². The van der Waals surface area contributed by atoms with Crippen LogP contribution in [0.15, 0.2) is 0 Å². The molecule has 0 aliphatic heterocycles. The van der Waals surface area contributed by atoms with E-state index in [-0.39, 0.29) is 252 Å². The first-order chi connectivity index (χ1) is 2.00. The quantitative estimate of drug-likeness (QED) is 0.241. The van der Waals surface area contributed by atoms with E-state index in [1.54, 1.807) is 0 Å². The molecular weight excluding hydrogens is 529 g/mol. The molecule has 0 aliphatic carbocycles. The molecule has 0 unspecified atom stereocenters. The summed E-state index contributed by atoms with van der Waals surface area (Å²) in [6.07, 6.45) is 0. The minimum absolute atomic E-state index is 0. The van der Waals surface area contributed by atoms with Gasteiger partial charge in [-0.2, -0.15) is 8.42 Å². The topological polar surface area (TPSA) is 110 Å². The Morgan fingerprint density at radius 1 is 0.812 bits per heavy atom. The zero-order valence-corrected chi connectivity index (χ0v) is 10.7. The van der Waals surface area contributed by atoms with E-state index in [1.807, 2.05) is 0 Å². The van der Waals surface area contributed by atoms with E-state index >= 15 is 0 Å². The number of hydrogen-bond acceptors (Lipinski definition) is 3. The van der Waals surface area contributed by atoms with Gasteiger partial charge in [-0.15, -0.1) is 66.6 Å². The Morgan fingerprint density at radius 3 is 0.812 bits per heavy atom. The number of halogens is 5. The van der Waals surface area contributed by atoms with Crippen molar-refractivity contribution in [3.8, 4) is 0 Å². The molecule has 0 saturated carbocycles. The number of hydrogen-bond donors (Lipinski definition) is 3. The van der Waals surface area contributed by atoms with Gasteiger partial charge in [0.05, 0.1) is 0 Å². The maximum atomic E-state index is 8.74. The van der Waals surface area contributed by atoms with Gasteiger partial charge < -0.3 is 6.15 Å². The van der Waals surface area contributed by atoms with Crippen LogP contribution in [-0.4, -0.2) is 197 Å². The van der Waals surface area contributed by atoms with Crippen molar-refractivity contribution in [2.24, 2.45) is 0 Å². The van der Waals surface area contributed by atoms with Crippen LogP contribution in [0.2, 0.25) is 0 Å². The summed E-state index contributed by atoms with van der Waals surface area (Å²) in [6, 6.07) is 0. The van der Waals surface area contributed by atoms with Crippen LogP contribution in [0.25, 0.3) is 0 Å². The predicted molar refractivity (Wildman–Crippen MR) is 97.0 cm³/mol. The van der Waals surface area contributed by atoms with Crippen LogP contribution in [0.3, 0.4) is 0 Å². The van der Waals surface area contributed by atoms with Crippen molar-refractivity contribution in [1.82, 2.24) is 6.15 Å². The van der Waals surface area contributed by atoms with Gasteiger partial charge in [0, 0.05) is 0 Å². The summed E-state index contributed by atoms with van der Waals surface area (Å²) < 4.78 is 31.6. The van der Waals surface area contributed by atoms with E-state index in [4.69, 9.17) is 17.5 Å². The second-order valence-electron chi connectivity index (χ2n) is 0.448. The zero-order valence-electron chi connectivity index (χ0n) is 4.87. The fourth-order valence-corrected chi connectivity index (χ4v) is 0. The molecule has 0 spiro atoms. The van der Waals surface area contributed by atoms with Gasteiger partial charge in [0.2, 0.25) is 0 Å². The Balaban J connectivity index is -0.00000000145. The molecule has 0 bridgehead atoms. The van der Waals surface area contributed by atoms with Gasteiger partial charge in [0.1, 0.15) is 0 Å². The molecule has 0 amide bonds. The summed E-state index contributed by atoms with van der Waals surface area (Å²) in [7, 11) is -4.67. The summed E-state index contributed by atoms with van der Waals surface area (Å²) in [6.45, 7) is 0. The van der Waals surface area contributed by atoms with Crippen molar-refractivity contribution in [2.75, 3.05) is 0 Å². The monoisotopic (exact) mass is 543 g/mol. The Hall–Kier alpha value is 7.35. The van der Waals surface area contributed by atoms with Crippen molar-refractivity contribution in [3.63, 3.8) is 0 Å². The van der Waals surface area contributed by atoms with Crippen molar-refractivity contribution >= 4 is 256 Å². The molecule has 5 nitrogen and oxygen atoms in total. The summed E-state index contributed by atoms with van der Waals surface area (Å²) in [4.78, 5) is 0. The third kappa shape index (κ3) is 164.